The number of rotatable bonds is 4. The van der Waals surface area contributed by atoms with Crippen LogP contribution in [0.25, 0.3) is 11.4 Å². The van der Waals surface area contributed by atoms with E-state index < -0.39 is 17.5 Å². The van der Waals surface area contributed by atoms with E-state index in [0.717, 1.165) is 5.56 Å². The van der Waals surface area contributed by atoms with Gasteiger partial charge in [0.05, 0.1) is 12.1 Å². The minimum atomic E-state index is -0.913. The first kappa shape index (κ1) is 15.7. The Hall–Kier alpha value is -3.16. The van der Waals surface area contributed by atoms with Gasteiger partial charge in [-0.3, -0.25) is 14.9 Å². The van der Waals surface area contributed by atoms with E-state index >= 15 is 0 Å². The lowest BCUT2D eigenvalue weighted by Crippen LogP contribution is -2.24. The van der Waals surface area contributed by atoms with Gasteiger partial charge >= 0.3 is 0 Å². The third-order valence-electron chi connectivity index (χ3n) is 3.36. The lowest BCUT2D eigenvalue weighted by molar-refractivity contribution is 0.0945. The highest BCUT2D eigenvalue weighted by atomic mass is 19.1. The number of nitrogens with one attached hydrogen (secondary N) is 2. The maximum absolute atomic E-state index is 13.7. The van der Waals surface area contributed by atoms with Gasteiger partial charge in [-0.2, -0.15) is 5.10 Å². The molecule has 0 radical (unpaired) electrons. The first-order chi connectivity index (χ1) is 11.5. The lowest BCUT2D eigenvalue weighted by atomic mass is 10.1. The van der Waals surface area contributed by atoms with E-state index in [0.29, 0.717) is 17.7 Å². The molecule has 1 amide bonds. The maximum atomic E-state index is 13.7. The van der Waals surface area contributed by atoms with Crippen LogP contribution in [0.4, 0.5) is 8.78 Å². The molecular weight excluding hydrogens is 316 g/mol. The van der Waals surface area contributed by atoms with Crippen LogP contribution in [-0.4, -0.2) is 26.1 Å². The van der Waals surface area contributed by atoms with Gasteiger partial charge in [-0.25, -0.2) is 13.8 Å². The summed E-state index contributed by atoms with van der Waals surface area (Å²) in [5.74, 6) is -1.42. The zero-order valence-electron chi connectivity index (χ0n) is 12.7. The van der Waals surface area contributed by atoms with E-state index in [1.165, 1.54) is 13.0 Å². The minimum absolute atomic E-state index is 0.0297. The molecule has 2 N–H and O–H groups in total. The van der Waals surface area contributed by atoms with Crippen LogP contribution in [0.3, 0.4) is 0 Å². The number of aromatic amines is 1. The Labute approximate surface area is 136 Å². The molecule has 1 aromatic carbocycles. The van der Waals surface area contributed by atoms with Gasteiger partial charge in [-0.1, -0.05) is 0 Å². The molecule has 3 aromatic rings. The second-order valence-corrected chi connectivity index (χ2v) is 5.11. The van der Waals surface area contributed by atoms with E-state index in [1.807, 2.05) is 0 Å². The van der Waals surface area contributed by atoms with Crippen LogP contribution >= 0.6 is 0 Å². The molecule has 24 heavy (non-hydrogen) atoms. The highest BCUT2D eigenvalue weighted by molar-refractivity contribution is 5.94. The van der Waals surface area contributed by atoms with Crippen LogP contribution in [0.1, 0.15) is 21.7 Å². The van der Waals surface area contributed by atoms with E-state index in [2.05, 4.69) is 25.5 Å². The molecule has 0 bridgehead atoms. The fraction of sp³-hybridized carbons (Fsp3) is 0.125. The summed E-state index contributed by atoms with van der Waals surface area (Å²) >= 11 is 0. The average Bonchev–Trinajstić information content (AvgIpc) is 3.06. The van der Waals surface area contributed by atoms with E-state index in [4.69, 9.17) is 0 Å². The number of hydrogen-bond acceptors (Lipinski definition) is 4. The minimum Gasteiger partial charge on any atom is -0.345 e. The molecule has 6 nitrogen and oxygen atoms in total. The van der Waals surface area contributed by atoms with E-state index in [9.17, 15) is 13.6 Å². The molecular formula is C16H13F2N5O. The SMILES string of the molecule is Cc1cc(C(=O)NCc2nc(-c3cccnc3)n[nH]2)c(F)cc1F. The van der Waals surface area contributed by atoms with Crippen molar-refractivity contribution >= 4 is 5.91 Å². The summed E-state index contributed by atoms with van der Waals surface area (Å²) in [5.41, 5.74) is 0.701. The van der Waals surface area contributed by atoms with Gasteiger partial charge in [-0.05, 0) is 30.7 Å². The van der Waals surface area contributed by atoms with Crippen LogP contribution in [0.5, 0.6) is 0 Å². The van der Waals surface area contributed by atoms with Crippen molar-refractivity contribution in [2.45, 2.75) is 13.5 Å². The predicted molar refractivity (Wildman–Crippen MR) is 81.9 cm³/mol. The number of hydrogen-bond donors (Lipinski definition) is 2. The first-order valence-electron chi connectivity index (χ1n) is 7.10. The molecule has 0 aliphatic carbocycles. The highest BCUT2D eigenvalue weighted by Crippen LogP contribution is 2.15. The van der Waals surface area contributed by atoms with Gasteiger partial charge in [0, 0.05) is 24.0 Å². The van der Waals surface area contributed by atoms with Crippen molar-refractivity contribution in [3.05, 3.63) is 65.2 Å². The van der Waals surface area contributed by atoms with Gasteiger partial charge in [-0.15, -0.1) is 0 Å². The Kier molecular flexibility index (Phi) is 4.28. The van der Waals surface area contributed by atoms with Gasteiger partial charge in [0.25, 0.3) is 5.91 Å². The zero-order valence-corrected chi connectivity index (χ0v) is 12.7. The van der Waals surface area contributed by atoms with Crippen LogP contribution in [0.2, 0.25) is 0 Å². The van der Waals surface area contributed by atoms with Crippen LogP contribution in [-0.2, 0) is 6.54 Å². The van der Waals surface area contributed by atoms with Crippen molar-refractivity contribution < 1.29 is 13.6 Å². The molecule has 3 rings (SSSR count). The van der Waals surface area contributed by atoms with Crippen molar-refractivity contribution in [2.24, 2.45) is 0 Å². The summed E-state index contributed by atoms with van der Waals surface area (Å²) in [4.78, 5) is 20.2. The fourth-order valence-electron chi connectivity index (χ4n) is 2.09. The van der Waals surface area contributed by atoms with Crippen molar-refractivity contribution in [3.8, 4) is 11.4 Å². The second-order valence-electron chi connectivity index (χ2n) is 5.11. The molecule has 8 heteroatoms. The third kappa shape index (κ3) is 3.27. The lowest BCUT2D eigenvalue weighted by Gasteiger charge is -2.06. The molecule has 0 aliphatic heterocycles. The number of amides is 1. The summed E-state index contributed by atoms with van der Waals surface area (Å²) < 4.78 is 26.9. The smallest absolute Gasteiger partial charge is 0.254 e. The normalized spacial score (nSPS) is 10.6. The third-order valence-corrected chi connectivity index (χ3v) is 3.36. The largest absolute Gasteiger partial charge is 0.345 e. The summed E-state index contributed by atoms with van der Waals surface area (Å²) in [6, 6.07) is 5.42. The Balaban J connectivity index is 1.69. The average molecular weight is 329 g/mol. The highest BCUT2D eigenvalue weighted by Gasteiger charge is 2.15. The van der Waals surface area contributed by atoms with Crippen molar-refractivity contribution in [1.29, 1.82) is 0 Å². The number of aryl methyl sites for hydroxylation is 1. The summed E-state index contributed by atoms with van der Waals surface area (Å²) in [5, 5.41) is 9.23. The molecule has 0 aliphatic rings. The standard InChI is InChI=1S/C16H13F2N5O/c1-9-5-11(13(18)6-12(9)17)16(24)20-8-14-21-15(23-22-14)10-3-2-4-19-7-10/h2-7H,8H2,1H3,(H,20,24)(H,21,22,23). The number of H-pyrrole nitrogens is 1. The topological polar surface area (TPSA) is 83.6 Å². The van der Waals surface area contributed by atoms with Crippen molar-refractivity contribution in [3.63, 3.8) is 0 Å². The molecule has 0 saturated heterocycles. The number of pyridine rings is 1. The number of benzene rings is 1. The van der Waals surface area contributed by atoms with Gasteiger partial charge in [0.15, 0.2) is 5.82 Å². The summed E-state index contributed by atoms with van der Waals surface area (Å²) in [6.07, 6.45) is 3.25. The van der Waals surface area contributed by atoms with Gasteiger partial charge < -0.3 is 5.32 Å². The summed E-state index contributed by atoms with van der Waals surface area (Å²) in [6.45, 7) is 1.49. The van der Waals surface area contributed by atoms with Crippen molar-refractivity contribution in [2.75, 3.05) is 0 Å². The maximum Gasteiger partial charge on any atom is 0.254 e. The van der Waals surface area contributed by atoms with Crippen LogP contribution in [0, 0.1) is 18.6 Å². The monoisotopic (exact) mass is 329 g/mol. The van der Waals surface area contributed by atoms with Crippen LogP contribution < -0.4 is 5.32 Å². The number of carbonyl (C=O) groups excluding carboxylic acids is 1. The quantitative estimate of drug-likeness (QED) is 0.770. The molecule has 122 valence electrons. The Morgan fingerprint density at radius 3 is 2.88 bits per heavy atom. The van der Waals surface area contributed by atoms with Gasteiger partial charge in [0.2, 0.25) is 0 Å². The number of halogens is 2. The number of carbonyl (C=O) groups is 1. The van der Waals surface area contributed by atoms with Gasteiger partial charge in [0.1, 0.15) is 17.5 Å². The zero-order chi connectivity index (χ0) is 17.1. The van der Waals surface area contributed by atoms with E-state index in [-0.39, 0.29) is 17.7 Å². The Morgan fingerprint density at radius 1 is 1.29 bits per heavy atom. The molecule has 0 saturated carbocycles. The summed E-state index contributed by atoms with van der Waals surface area (Å²) in [7, 11) is 0. The predicted octanol–water partition coefficient (Wildman–Crippen LogP) is 2.38. The van der Waals surface area contributed by atoms with Crippen molar-refractivity contribution in [1.82, 2.24) is 25.5 Å². The molecule has 0 unspecified atom stereocenters. The molecule has 2 heterocycles. The fourth-order valence-corrected chi connectivity index (χ4v) is 2.09. The molecule has 0 spiro atoms. The molecule has 0 atom stereocenters. The first-order valence-corrected chi connectivity index (χ1v) is 7.10. The Bertz CT molecular complexity index is 879. The second kappa shape index (κ2) is 6.53. The van der Waals surface area contributed by atoms with E-state index in [1.54, 1.807) is 24.5 Å². The number of nitrogens with zero attached hydrogens (tertiary/aromatic N) is 3. The molecule has 2 aromatic heterocycles. The Morgan fingerprint density at radius 2 is 2.12 bits per heavy atom. The number of aromatic nitrogens is 4. The van der Waals surface area contributed by atoms with Crippen LogP contribution in [0.15, 0.2) is 36.7 Å². The molecule has 0 fully saturated rings.